The topological polar surface area (TPSA) is 61.0 Å². The molecule has 4 nitrogen and oxygen atoms in total. The zero-order valence-corrected chi connectivity index (χ0v) is 10.5. The predicted molar refractivity (Wildman–Crippen MR) is 70.3 cm³/mol. The number of ether oxygens (including phenoxy) is 1. The molecule has 4 heteroatoms. The molecule has 0 aliphatic carbocycles. The third-order valence-corrected chi connectivity index (χ3v) is 2.57. The van der Waals surface area contributed by atoms with Crippen LogP contribution in [0.1, 0.15) is 17.0 Å². The van der Waals surface area contributed by atoms with Gasteiger partial charge < -0.3 is 10.5 Å². The van der Waals surface area contributed by atoms with E-state index in [1.165, 1.54) is 0 Å². The van der Waals surface area contributed by atoms with Gasteiger partial charge in [-0.25, -0.2) is 0 Å². The zero-order valence-electron chi connectivity index (χ0n) is 10.5. The van der Waals surface area contributed by atoms with Crippen LogP contribution in [0.25, 0.3) is 0 Å². The van der Waals surface area contributed by atoms with E-state index in [-0.39, 0.29) is 0 Å². The van der Waals surface area contributed by atoms with E-state index in [0.717, 1.165) is 29.1 Å². The number of aryl methyl sites for hydroxylation is 1. The first kappa shape index (κ1) is 12.5. The van der Waals surface area contributed by atoms with Gasteiger partial charge in [-0.1, -0.05) is 6.07 Å². The second-order valence-corrected chi connectivity index (χ2v) is 4.09. The Balaban J connectivity index is 2.09. The third kappa shape index (κ3) is 3.28. The predicted octanol–water partition coefficient (Wildman–Crippen LogP) is 1.87. The van der Waals surface area contributed by atoms with E-state index in [1.54, 1.807) is 12.4 Å². The summed E-state index contributed by atoms with van der Waals surface area (Å²) in [6.07, 6.45) is 4.27. The van der Waals surface area contributed by atoms with E-state index in [9.17, 15) is 0 Å². The summed E-state index contributed by atoms with van der Waals surface area (Å²) in [6, 6.07) is 7.77. The molecule has 0 spiro atoms. The van der Waals surface area contributed by atoms with Crippen molar-refractivity contribution in [2.45, 2.75) is 20.0 Å². The van der Waals surface area contributed by atoms with E-state index in [2.05, 4.69) is 9.97 Å². The van der Waals surface area contributed by atoms with Crippen molar-refractivity contribution in [3.63, 3.8) is 0 Å². The first-order valence-electron chi connectivity index (χ1n) is 5.98. The first-order chi connectivity index (χ1) is 8.79. The molecule has 2 N–H and O–H groups in total. The van der Waals surface area contributed by atoms with Crippen LogP contribution in [-0.4, -0.2) is 16.5 Å². The molecule has 0 unspecified atom stereocenters. The summed E-state index contributed by atoms with van der Waals surface area (Å²) >= 11 is 0. The third-order valence-electron chi connectivity index (χ3n) is 2.57. The van der Waals surface area contributed by atoms with Crippen LogP contribution in [0.5, 0.6) is 5.75 Å². The molecular formula is C14H17N3O. The Labute approximate surface area is 107 Å². The highest BCUT2D eigenvalue weighted by Crippen LogP contribution is 2.18. The Morgan fingerprint density at radius 2 is 2.17 bits per heavy atom. The first-order valence-corrected chi connectivity index (χ1v) is 5.98. The quantitative estimate of drug-likeness (QED) is 0.870. The lowest BCUT2D eigenvalue weighted by atomic mass is 10.2. The largest absolute Gasteiger partial charge is 0.487 e. The van der Waals surface area contributed by atoms with Crippen LogP contribution in [-0.2, 0) is 13.0 Å². The second kappa shape index (κ2) is 6.12. The van der Waals surface area contributed by atoms with Gasteiger partial charge in [0.25, 0.3) is 0 Å². The zero-order chi connectivity index (χ0) is 12.8. The molecule has 0 saturated heterocycles. The average Bonchev–Trinajstić information content (AvgIpc) is 2.39. The average molecular weight is 243 g/mol. The van der Waals surface area contributed by atoms with Gasteiger partial charge in [-0.15, -0.1) is 0 Å². The summed E-state index contributed by atoms with van der Waals surface area (Å²) in [7, 11) is 0. The maximum absolute atomic E-state index is 5.77. The number of rotatable bonds is 5. The molecular weight excluding hydrogens is 226 g/mol. The monoisotopic (exact) mass is 243 g/mol. The van der Waals surface area contributed by atoms with Gasteiger partial charge in [0, 0.05) is 30.1 Å². The van der Waals surface area contributed by atoms with Crippen molar-refractivity contribution in [1.29, 1.82) is 0 Å². The molecule has 18 heavy (non-hydrogen) atoms. The Morgan fingerprint density at radius 1 is 1.28 bits per heavy atom. The summed E-state index contributed by atoms with van der Waals surface area (Å²) in [5.74, 6) is 0.801. The maximum atomic E-state index is 5.77. The highest BCUT2D eigenvalue weighted by molar-refractivity contribution is 5.29. The van der Waals surface area contributed by atoms with Crippen LogP contribution in [0.3, 0.4) is 0 Å². The number of nitrogens with two attached hydrogens (primary N) is 1. The Kier molecular flexibility index (Phi) is 4.25. The fourth-order valence-corrected chi connectivity index (χ4v) is 1.69. The molecule has 0 aliphatic heterocycles. The van der Waals surface area contributed by atoms with E-state index >= 15 is 0 Å². The standard InChI is InChI=1S/C14H17N3O/c1-11-4-5-14(13(17-11)6-7-15)18-10-12-3-2-8-16-9-12/h2-5,8-9H,6-7,10,15H2,1H3. The molecule has 0 aromatic carbocycles. The number of aromatic nitrogens is 2. The number of hydrogen-bond acceptors (Lipinski definition) is 4. The molecule has 0 radical (unpaired) electrons. The van der Waals surface area contributed by atoms with Crippen LogP contribution in [0.4, 0.5) is 0 Å². The highest BCUT2D eigenvalue weighted by atomic mass is 16.5. The Bertz CT molecular complexity index is 500. The normalized spacial score (nSPS) is 10.3. The highest BCUT2D eigenvalue weighted by Gasteiger charge is 2.05. The van der Waals surface area contributed by atoms with Gasteiger partial charge in [-0.2, -0.15) is 0 Å². The van der Waals surface area contributed by atoms with Crippen molar-refractivity contribution < 1.29 is 4.74 Å². The second-order valence-electron chi connectivity index (χ2n) is 4.09. The van der Waals surface area contributed by atoms with Gasteiger partial charge in [0.15, 0.2) is 0 Å². The lowest BCUT2D eigenvalue weighted by Gasteiger charge is -2.10. The van der Waals surface area contributed by atoms with Gasteiger partial charge in [-0.3, -0.25) is 9.97 Å². The van der Waals surface area contributed by atoms with Crippen molar-refractivity contribution >= 4 is 0 Å². The molecule has 2 heterocycles. The molecule has 0 saturated carbocycles. The SMILES string of the molecule is Cc1ccc(OCc2cccnc2)c(CCN)n1. The van der Waals surface area contributed by atoms with Gasteiger partial charge in [0.05, 0.1) is 5.69 Å². The summed E-state index contributed by atoms with van der Waals surface area (Å²) < 4.78 is 5.77. The lowest BCUT2D eigenvalue weighted by molar-refractivity contribution is 0.300. The van der Waals surface area contributed by atoms with Crippen LogP contribution >= 0.6 is 0 Å². The molecule has 0 fully saturated rings. The van der Waals surface area contributed by atoms with E-state index in [0.29, 0.717) is 13.2 Å². The minimum Gasteiger partial charge on any atom is -0.487 e. The Hall–Kier alpha value is -1.94. The van der Waals surface area contributed by atoms with E-state index < -0.39 is 0 Å². The molecule has 0 atom stereocenters. The van der Waals surface area contributed by atoms with E-state index in [4.69, 9.17) is 10.5 Å². The van der Waals surface area contributed by atoms with Crippen molar-refractivity contribution in [2.24, 2.45) is 5.73 Å². The fraction of sp³-hybridized carbons (Fsp3) is 0.286. The van der Waals surface area contributed by atoms with Crippen LogP contribution in [0, 0.1) is 6.92 Å². The van der Waals surface area contributed by atoms with Gasteiger partial charge in [-0.05, 0) is 31.7 Å². The van der Waals surface area contributed by atoms with Crippen LogP contribution < -0.4 is 10.5 Å². The van der Waals surface area contributed by atoms with Gasteiger partial charge in [0.2, 0.25) is 0 Å². The van der Waals surface area contributed by atoms with Crippen molar-refractivity contribution in [2.75, 3.05) is 6.54 Å². The molecule has 2 rings (SSSR count). The van der Waals surface area contributed by atoms with Crippen molar-refractivity contribution in [3.05, 3.63) is 53.6 Å². The maximum Gasteiger partial charge on any atom is 0.141 e. The molecule has 94 valence electrons. The van der Waals surface area contributed by atoms with Crippen molar-refractivity contribution in [1.82, 2.24) is 9.97 Å². The molecule has 2 aromatic rings. The summed E-state index contributed by atoms with van der Waals surface area (Å²) in [5.41, 5.74) is 8.52. The minimum absolute atomic E-state index is 0.496. The van der Waals surface area contributed by atoms with E-state index in [1.807, 2.05) is 31.2 Å². The number of nitrogens with zero attached hydrogens (tertiary/aromatic N) is 2. The van der Waals surface area contributed by atoms with Gasteiger partial charge in [0.1, 0.15) is 12.4 Å². The summed E-state index contributed by atoms with van der Waals surface area (Å²) in [4.78, 5) is 8.51. The van der Waals surface area contributed by atoms with Crippen LogP contribution in [0.15, 0.2) is 36.7 Å². The summed E-state index contributed by atoms with van der Waals surface area (Å²) in [5, 5.41) is 0. The summed E-state index contributed by atoms with van der Waals surface area (Å²) in [6.45, 7) is 3.03. The molecule has 0 bridgehead atoms. The Morgan fingerprint density at radius 3 is 2.89 bits per heavy atom. The van der Waals surface area contributed by atoms with Crippen molar-refractivity contribution in [3.8, 4) is 5.75 Å². The van der Waals surface area contributed by atoms with Gasteiger partial charge >= 0.3 is 0 Å². The number of pyridine rings is 2. The molecule has 0 aliphatic rings. The minimum atomic E-state index is 0.496. The fourth-order valence-electron chi connectivity index (χ4n) is 1.69. The molecule has 2 aromatic heterocycles. The lowest BCUT2D eigenvalue weighted by Crippen LogP contribution is -2.08. The number of hydrogen-bond donors (Lipinski definition) is 1. The van der Waals surface area contributed by atoms with Crippen LogP contribution in [0.2, 0.25) is 0 Å². The molecule has 0 amide bonds. The smallest absolute Gasteiger partial charge is 0.141 e.